The first-order valence-electron chi connectivity index (χ1n) is 17.1. The number of rotatable bonds is 7. The number of piperidine rings is 3. The molecule has 4 aliphatic rings. The minimum Gasteiger partial charge on any atom is -0.371 e. The fraction of sp³-hybridized carbons (Fsp3) is 0.559. The number of carbonyl (C=O) groups is 2. The molecule has 4 saturated heterocycles. The number of imide groups is 1. The zero-order chi connectivity index (χ0) is 32.7. The van der Waals surface area contributed by atoms with Crippen LogP contribution in [0.4, 0.5) is 16.3 Å². The van der Waals surface area contributed by atoms with Gasteiger partial charge in [-0.25, -0.2) is 13.2 Å². The Morgan fingerprint density at radius 2 is 1.64 bits per heavy atom. The number of likely N-dealkylation sites (tertiary alicyclic amines) is 1. The van der Waals surface area contributed by atoms with Crippen molar-refractivity contribution in [2.45, 2.75) is 61.8 Å². The van der Waals surface area contributed by atoms with E-state index < -0.39 is 16.1 Å². The quantitative estimate of drug-likeness (QED) is 0.394. The van der Waals surface area contributed by atoms with E-state index in [4.69, 9.17) is 5.73 Å². The molecule has 0 bridgehead atoms. The molecule has 4 aliphatic heterocycles. The van der Waals surface area contributed by atoms with Crippen molar-refractivity contribution >= 4 is 44.4 Å². The first kappa shape index (κ1) is 32.0. The van der Waals surface area contributed by atoms with Gasteiger partial charge in [0.2, 0.25) is 15.9 Å². The van der Waals surface area contributed by atoms with E-state index in [-0.39, 0.29) is 18.4 Å². The lowest BCUT2D eigenvalue weighted by molar-refractivity contribution is -0.120. The number of carbonyl (C=O) groups excluding carboxylic acids is 2. The number of aromatic nitrogens is 2. The molecule has 3 amide bonds. The van der Waals surface area contributed by atoms with Gasteiger partial charge in [0.1, 0.15) is 0 Å². The van der Waals surface area contributed by atoms with Crippen molar-refractivity contribution in [3.8, 4) is 0 Å². The third-order valence-corrected chi connectivity index (χ3v) is 12.6. The van der Waals surface area contributed by atoms with Gasteiger partial charge in [0.25, 0.3) is 0 Å². The van der Waals surface area contributed by atoms with E-state index >= 15 is 0 Å². The van der Waals surface area contributed by atoms with Crippen LogP contribution in [0.1, 0.15) is 56.4 Å². The van der Waals surface area contributed by atoms with E-state index in [1.54, 1.807) is 15.3 Å². The van der Waals surface area contributed by atoms with E-state index in [2.05, 4.69) is 38.4 Å². The predicted octanol–water partition coefficient (Wildman–Crippen LogP) is 3.23. The topological polar surface area (TPSA) is 137 Å². The number of anilines is 2. The minimum atomic E-state index is -3.51. The van der Waals surface area contributed by atoms with Crippen molar-refractivity contribution in [1.82, 2.24) is 24.3 Å². The molecule has 0 aliphatic carbocycles. The van der Waals surface area contributed by atoms with Crippen molar-refractivity contribution in [2.24, 2.45) is 18.7 Å². The standard InChI is InChI=1S/C34H46N8O4S/c1-38-31-21-26(5-6-30(31)33(37-38)42-20-13-32(43)36-34(42)44)25-9-14-39(15-10-25)23-24-7-16-40(17-8-24)28-3-2-4-29(22-28)47(45,46)41-18-11-27(35)12-19-41/h2-6,21-22,24-25,27H,7-20,23,35H2,1H3,(H,36,43,44). The van der Waals surface area contributed by atoms with Gasteiger partial charge < -0.3 is 15.5 Å². The number of fused-ring (bicyclic) bond motifs is 1. The van der Waals surface area contributed by atoms with Crippen LogP contribution in [0.15, 0.2) is 47.4 Å². The summed E-state index contributed by atoms with van der Waals surface area (Å²) in [6.45, 7) is 6.44. The number of nitrogens with zero attached hydrogens (tertiary/aromatic N) is 6. The third-order valence-electron chi connectivity index (χ3n) is 10.7. The average Bonchev–Trinajstić information content (AvgIpc) is 3.40. The highest BCUT2D eigenvalue weighted by molar-refractivity contribution is 7.89. The molecule has 5 heterocycles. The molecule has 0 radical (unpaired) electrons. The second-order valence-corrected chi connectivity index (χ2v) is 15.7. The number of nitrogens with two attached hydrogens (primary N) is 1. The molecule has 252 valence electrons. The Morgan fingerprint density at radius 1 is 0.894 bits per heavy atom. The number of benzene rings is 2. The van der Waals surface area contributed by atoms with Gasteiger partial charge in [-0.2, -0.15) is 9.40 Å². The molecule has 3 aromatic rings. The van der Waals surface area contributed by atoms with Gasteiger partial charge in [-0.15, -0.1) is 0 Å². The normalized spacial score (nSPS) is 21.9. The Morgan fingerprint density at radius 3 is 2.36 bits per heavy atom. The minimum absolute atomic E-state index is 0.0881. The number of sulfonamides is 1. The molecule has 47 heavy (non-hydrogen) atoms. The van der Waals surface area contributed by atoms with Gasteiger partial charge in [0, 0.05) is 69.9 Å². The first-order chi connectivity index (χ1) is 22.7. The van der Waals surface area contributed by atoms with Crippen molar-refractivity contribution < 1.29 is 18.0 Å². The highest BCUT2D eigenvalue weighted by Gasteiger charge is 2.31. The molecular formula is C34H46N8O4S. The monoisotopic (exact) mass is 662 g/mol. The summed E-state index contributed by atoms with van der Waals surface area (Å²) < 4.78 is 30.0. The fourth-order valence-electron chi connectivity index (χ4n) is 7.77. The predicted molar refractivity (Wildman–Crippen MR) is 182 cm³/mol. The highest BCUT2D eigenvalue weighted by atomic mass is 32.2. The van der Waals surface area contributed by atoms with Crippen molar-refractivity contribution in [3.05, 3.63) is 48.0 Å². The van der Waals surface area contributed by atoms with Crippen LogP contribution in [0, 0.1) is 5.92 Å². The summed E-state index contributed by atoms with van der Waals surface area (Å²) in [7, 11) is -1.60. The number of hydrogen-bond acceptors (Lipinski definition) is 8. The van der Waals surface area contributed by atoms with Crippen LogP contribution in [-0.4, -0.2) is 97.7 Å². The summed E-state index contributed by atoms with van der Waals surface area (Å²) in [5.74, 6) is 1.47. The van der Waals surface area contributed by atoms with Crippen molar-refractivity contribution in [2.75, 3.05) is 62.2 Å². The number of urea groups is 1. The summed E-state index contributed by atoms with van der Waals surface area (Å²) >= 11 is 0. The Kier molecular flexibility index (Phi) is 8.98. The molecule has 2 aromatic carbocycles. The first-order valence-corrected chi connectivity index (χ1v) is 18.5. The molecule has 0 saturated carbocycles. The van der Waals surface area contributed by atoms with E-state index in [0.29, 0.717) is 55.0 Å². The van der Waals surface area contributed by atoms with Crippen LogP contribution in [0.5, 0.6) is 0 Å². The van der Waals surface area contributed by atoms with Crippen LogP contribution in [-0.2, 0) is 21.9 Å². The number of nitrogens with one attached hydrogen (secondary N) is 1. The Bertz CT molecular complexity index is 1740. The Balaban J connectivity index is 0.913. The molecule has 0 unspecified atom stereocenters. The maximum absolute atomic E-state index is 13.3. The molecule has 0 spiro atoms. The van der Waals surface area contributed by atoms with Gasteiger partial charge in [-0.1, -0.05) is 12.1 Å². The second kappa shape index (κ2) is 13.2. The molecular weight excluding hydrogens is 616 g/mol. The number of hydrogen-bond donors (Lipinski definition) is 2. The van der Waals surface area contributed by atoms with Gasteiger partial charge in [0.05, 0.1) is 10.4 Å². The van der Waals surface area contributed by atoms with Gasteiger partial charge in [-0.3, -0.25) is 19.7 Å². The second-order valence-electron chi connectivity index (χ2n) is 13.7. The van der Waals surface area contributed by atoms with Crippen LogP contribution < -0.4 is 20.9 Å². The molecule has 4 fully saturated rings. The summed E-state index contributed by atoms with van der Waals surface area (Å²) in [6, 6.07) is 13.6. The highest BCUT2D eigenvalue weighted by Crippen LogP contribution is 2.35. The third kappa shape index (κ3) is 6.63. The molecule has 0 atom stereocenters. The Hall–Kier alpha value is -3.52. The zero-order valence-corrected chi connectivity index (χ0v) is 28.0. The zero-order valence-electron chi connectivity index (χ0n) is 27.2. The van der Waals surface area contributed by atoms with Crippen LogP contribution in [0.3, 0.4) is 0 Å². The maximum atomic E-state index is 13.3. The number of amides is 3. The summed E-state index contributed by atoms with van der Waals surface area (Å²) in [6.07, 6.45) is 6.10. The SMILES string of the molecule is Cn1nc(N2CCC(=O)NC2=O)c2ccc(C3CCN(CC4CCN(c5cccc(S(=O)(=O)N6CCC(N)CC6)c5)CC4)CC3)cc21. The van der Waals surface area contributed by atoms with Crippen LogP contribution in [0.25, 0.3) is 10.9 Å². The lowest BCUT2D eigenvalue weighted by atomic mass is 9.88. The van der Waals surface area contributed by atoms with Gasteiger partial charge in [0.15, 0.2) is 5.82 Å². The lowest BCUT2D eigenvalue weighted by Crippen LogP contribution is -2.49. The van der Waals surface area contributed by atoms with E-state index in [1.165, 1.54) is 5.56 Å². The largest absolute Gasteiger partial charge is 0.371 e. The van der Waals surface area contributed by atoms with E-state index in [1.807, 2.05) is 29.9 Å². The molecule has 13 heteroatoms. The van der Waals surface area contributed by atoms with Crippen LogP contribution >= 0.6 is 0 Å². The summed E-state index contributed by atoms with van der Waals surface area (Å²) in [4.78, 5) is 31.0. The van der Waals surface area contributed by atoms with Gasteiger partial charge in [-0.05, 0) is 99.3 Å². The fourth-order valence-corrected chi connectivity index (χ4v) is 9.28. The lowest BCUT2D eigenvalue weighted by Gasteiger charge is -2.38. The van der Waals surface area contributed by atoms with E-state index in [9.17, 15) is 18.0 Å². The summed E-state index contributed by atoms with van der Waals surface area (Å²) in [5.41, 5.74) is 9.30. The van der Waals surface area contributed by atoms with Crippen LogP contribution in [0.2, 0.25) is 0 Å². The molecule has 3 N–H and O–H groups in total. The molecule has 12 nitrogen and oxygen atoms in total. The maximum Gasteiger partial charge on any atom is 0.329 e. The summed E-state index contributed by atoms with van der Waals surface area (Å²) in [5, 5.41) is 7.95. The van der Waals surface area contributed by atoms with Crippen molar-refractivity contribution in [1.29, 1.82) is 0 Å². The van der Waals surface area contributed by atoms with Gasteiger partial charge >= 0.3 is 6.03 Å². The number of aryl methyl sites for hydroxylation is 1. The molecule has 7 rings (SSSR count). The Labute approximate surface area is 276 Å². The van der Waals surface area contributed by atoms with Crippen molar-refractivity contribution in [3.63, 3.8) is 0 Å². The molecule has 1 aromatic heterocycles. The average molecular weight is 663 g/mol. The van der Waals surface area contributed by atoms with E-state index in [0.717, 1.165) is 75.0 Å². The smallest absolute Gasteiger partial charge is 0.329 e.